The number of aromatic amines is 2. The lowest BCUT2D eigenvalue weighted by Gasteiger charge is -2.33. The number of amides is 4. The van der Waals surface area contributed by atoms with Gasteiger partial charge in [-0.1, -0.05) is 30.3 Å². The Morgan fingerprint density at radius 2 is 1.09 bits per heavy atom. The maximum absolute atomic E-state index is 14.2. The number of aryl methyl sites for hydroxylation is 1. The van der Waals surface area contributed by atoms with Crippen LogP contribution in [0.25, 0.3) is 0 Å². The minimum absolute atomic E-state index is 0.128. The summed E-state index contributed by atoms with van der Waals surface area (Å²) in [5.41, 5.74) is 1.17. The fourth-order valence-corrected chi connectivity index (χ4v) is 8.40. The van der Waals surface area contributed by atoms with E-state index < -0.39 is 50.5 Å². The fraction of sp³-hybridized carbons (Fsp3) is 0.226. The first-order valence-corrected chi connectivity index (χ1v) is 18.6. The number of anilines is 4. The number of nitrogens with zero attached hydrogens (tertiary/aromatic N) is 6. The van der Waals surface area contributed by atoms with Gasteiger partial charge in [0.15, 0.2) is 11.6 Å². The average Bonchev–Trinajstić information content (AvgIpc) is 3.90. The molecule has 2 atom stereocenters. The number of hydrogen-bond donors (Lipinski definition) is 4. The largest absolute Gasteiger partial charge is 0.357 e. The highest BCUT2D eigenvalue weighted by Crippen LogP contribution is 2.63. The number of aromatic nitrogens is 6. The predicted molar refractivity (Wildman–Crippen MR) is 188 cm³/mol. The van der Waals surface area contributed by atoms with Crippen LogP contribution >= 0.6 is 15.2 Å². The lowest BCUT2D eigenvalue weighted by Crippen LogP contribution is -2.40. The van der Waals surface area contributed by atoms with Crippen LogP contribution in [-0.2, 0) is 27.2 Å². The van der Waals surface area contributed by atoms with Crippen LogP contribution in [0.2, 0.25) is 0 Å². The molecule has 0 unspecified atom stereocenters. The first-order chi connectivity index (χ1) is 25.4. The van der Waals surface area contributed by atoms with Gasteiger partial charge in [-0.3, -0.25) is 9.13 Å². The van der Waals surface area contributed by atoms with E-state index in [2.05, 4.69) is 41.0 Å². The molecule has 22 heteroatoms. The van der Waals surface area contributed by atoms with Gasteiger partial charge in [0, 0.05) is 39.8 Å². The second-order valence-corrected chi connectivity index (χ2v) is 15.5. The Morgan fingerprint density at radius 3 is 1.47 bits per heavy atom. The van der Waals surface area contributed by atoms with Crippen molar-refractivity contribution in [3.63, 3.8) is 0 Å². The highest BCUT2D eigenvalue weighted by Gasteiger charge is 2.46. The van der Waals surface area contributed by atoms with Crippen molar-refractivity contribution >= 4 is 50.5 Å². The lowest BCUT2D eigenvalue weighted by atomic mass is 10.1. The van der Waals surface area contributed by atoms with E-state index in [1.807, 2.05) is 0 Å². The van der Waals surface area contributed by atoms with Gasteiger partial charge in [0.05, 0.1) is 0 Å². The lowest BCUT2D eigenvalue weighted by molar-refractivity contribution is 0.247. The van der Waals surface area contributed by atoms with Crippen LogP contribution in [0.5, 0.6) is 0 Å². The molecule has 0 aliphatic rings. The quantitative estimate of drug-likeness (QED) is 0.0842. The zero-order valence-electron chi connectivity index (χ0n) is 28.8. The molecule has 280 valence electrons. The monoisotopic (exact) mass is 774 g/mol. The summed E-state index contributed by atoms with van der Waals surface area (Å²) in [5, 5.41) is 18.2. The molecular weight excluding hydrogens is 740 g/mol. The molecule has 0 radical (unpaired) electrons. The molecule has 4 amide bonds. The SMILES string of the molecule is COP(=O)(OC)[C@H](c1ccc(F)cc1)N(C(=O)Nc1ccc(C)c(NC(=O)N(c2ncn[nH]2)[C@@H](c2ccc(F)cc2)P(=O)(OC)OC)c1)c1ncn[nH]1. The van der Waals surface area contributed by atoms with Crippen molar-refractivity contribution in [2.45, 2.75) is 18.5 Å². The third kappa shape index (κ3) is 8.33. The molecule has 0 saturated heterocycles. The van der Waals surface area contributed by atoms with Gasteiger partial charge >= 0.3 is 27.3 Å². The number of hydrogen-bond acceptors (Lipinski definition) is 12. The van der Waals surface area contributed by atoms with Crippen molar-refractivity contribution in [2.24, 2.45) is 0 Å². The van der Waals surface area contributed by atoms with E-state index in [4.69, 9.17) is 18.1 Å². The number of halogens is 2. The first kappa shape index (κ1) is 38.9. The second-order valence-electron chi connectivity index (χ2n) is 10.9. The van der Waals surface area contributed by atoms with Crippen molar-refractivity contribution in [1.29, 1.82) is 0 Å². The number of nitrogens with one attached hydrogen (secondary N) is 4. The van der Waals surface area contributed by atoms with Crippen LogP contribution < -0.4 is 20.4 Å². The zero-order valence-corrected chi connectivity index (χ0v) is 30.5. The molecule has 0 spiro atoms. The van der Waals surface area contributed by atoms with Crippen molar-refractivity contribution in [1.82, 2.24) is 30.4 Å². The summed E-state index contributed by atoms with van der Waals surface area (Å²) in [5.74, 6) is -4.48. The van der Waals surface area contributed by atoms with Crippen molar-refractivity contribution in [3.8, 4) is 0 Å². The fourth-order valence-electron chi connectivity index (χ4n) is 5.23. The van der Waals surface area contributed by atoms with E-state index >= 15 is 0 Å². The molecule has 18 nitrogen and oxygen atoms in total. The Balaban J connectivity index is 1.52. The molecular formula is C31H34F2N10O8P2. The molecule has 3 aromatic carbocycles. The molecule has 53 heavy (non-hydrogen) atoms. The van der Waals surface area contributed by atoms with Gasteiger partial charge in [0.2, 0.25) is 11.9 Å². The summed E-state index contributed by atoms with van der Waals surface area (Å²) >= 11 is 0. The van der Waals surface area contributed by atoms with Gasteiger partial charge in [-0.25, -0.2) is 38.4 Å². The van der Waals surface area contributed by atoms with Crippen LogP contribution in [0.1, 0.15) is 28.3 Å². The highest BCUT2D eigenvalue weighted by atomic mass is 31.2. The van der Waals surface area contributed by atoms with Crippen LogP contribution in [0, 0.1) is 18.6 Å². The minimum atomic E-state index is -4.20. The summed E-state index contributed by atoms with van der Waals surface area (Å²) in [6.07, 6.45) is 2.24. The Hall–Kier alpha value is -5.36. The minimum Gasteiger partial charge on any atom is -0.310 e. The van der Waals surface area contributed by atoms with Gasteiger partial charge < -0.3 is 28.7 Å². The molecule has 2 heterocycles. The maximum Gasteiger partial charge on any atom is 0.357 e. The Labute approximate surface area is 301 Å². The number of urea groups is 2. The molecule has 5 aromatic rings. The third-order valence-electron chi connectivity index (χ3n) is 7.87. The van der Waals surface area contributed by atoms with Gasteiger partial charge in [0.1, 0.15) is 24.3 Å². The maximum atomic E-state index is 14.2. The van der Waals surface area contributed by atoms with Gasteiger partial charge in [-0.05, 0) is 60.0 Å². The predicted octanol–water partition coefficient (Wildman–Crippen LogP) is 6.96. The third-order valence-corrected chi connectivity index (χ3v) is 12.2. The molecule has 0 aliphatic carbocycles. The summed E-state index contributed by atoms with van der Waals surface area (Å²) < 4.78 is 76.9. The van der Waals surface area contributed by atoms with Crippen molar-refractivity contribution < 1.29 is 45.6 Å². The van der Waals surface area contributed by atoms with E-state index in [1.54, 1.807) is 13.0 Å². The van der Waals surface area contributed by atoms with Crippen LogP contribution in [0.3, 0.4) is 0 Å². The van der Waals surface area contributed by atoms with E-state index in [-0.39, 0.29) is 34.4 Å². The summed E-state index contributed by atoms with van der Waals surface area (Å²) in [4.78, 5) is 38.4. The number of H-pyrrole nitrogens is 2. The smallest absolute Gasteiger partial charge is 0.310 e. The van der Waals surface area contributed by atoms with Crippen LogP contribution in [-0.4, -0.2) is 70.9 Å². The summed E-state index contributed by atoms with van der Waals surface area (Å²) in [6.45, 7) is 1.67. The van der Waals surface area contributed by atoms with Crippen molar-refractivity contribution in [2.75, 3.05) is 48.9 Å². The normalized spacial score (nSPS) is 12.9. The van der Waals surface area contributed by atoms with Gasteiger partial charge in [-0.2, -0.15) is 20.2 Å². The standard InChI is InChI=1S/C31H34F2N10O8P2/c1-19-6-15-24(38-30(44)42(28-34-17-36-40-28)26(52(46,48-2)49-3)20-7-11-22(32)12-8-20)16-25(19)39-31(45)43(29-35-18-37-41-29)27(53(47,50-4)51-5)21-9-13-23(33)14-10-21/h6-18,26-27H,1-5H3,(H,38,44)(H,39,45)(H,34,36,40)(H,35,37,41)/t26-,27-/m1/s1. The van der Waals surface area contributed by atoms with E-state index in [0.717, 1.165) is 75.2 Å². The first-order valence-electron chi connectivity index (χ1n) is 15.3. The number of benzene rings is 3. The summed E-state index contributed by atoms with van der Waals surface area (Å²) in [6, 6.07) is 12.4. The molecule has 2 aromatic heterocycles. The second kappa shape index (κ2) is 16.5. The Kier molecular flexibility index (Phi) is 12.1. The molecule has 0 fully saturated rings. The number of carbonyl (C=O) groups excluding carboxylic acids is 2. The van der Waals surface area contributed by atoms with Crippen LogP contribution in [0.15, 0.2) is 79.4 Å². The molecule has 0 saturated carbocycles. The molecule has 5 rings (SSSR count). The van der Waals surface area contributed by atoms with Crippen molar-refractivity contribution in [3.05, 3.63) is 108 Å². The molecule has 4 N–H and O–H groups in total. The zero-order chi connectivity index (χ0) is 38.3. The van der Waals surface area contributed by atoms with Crippen LogP contribution in [0.4, 0.5) is 41.6 Å². The van der Waals surface area contributed by atoms with E-state index in [9.17, 15) is 27.5 Å². The van der Waals surface area contributed by atoms with E-state index in [0.29, 0.717) is 5.56 Å². The molecule has 0 bridgehead atoms. The number of carbonyl (C=O) groups is 2. The van der Waals surface area contributed by atoms with E-state index in [1.165, 1.54) is 36.4 Å². The Bertz CT molecular complexity index is 2090. The van der Waals surface area contributed by atoms with Gasteiger partial charge in [-0.15, -0.1) is 0 Å². The summed E-state index contributed by atoms with van der Waals surface area (Å²) in [7, 11) is -3.87. The van der Waals surface area contributed by atoms with Gasteiger partial charge in [0.25, 0.3) is 0 Å². The molecule has 0 aliphatic heterocycles. The number of rotatable bonds is 14. The average molecular weight is 775 g/mol. The topological polar surface area (TPSA) is 219 Å². The Morgan fingerprint density at radius 1 is 0.679 bits per heavy atom. The highest BCUT2D eigenvalue weighted by molar-refractivity contribution is 7.54.